The zero-order chi connectivity index (χ0) is 19.5. The lowest BCUT2D eigenvalue weighted by Crippen LogP contribution is -2.39. The Labute approximate surface area is 165 Å². The average Bonchev–Trinajstić information content (AvgIpc) is 2.58. The van der Waals surface area contributed by atoms with Crippen LogP contribution < -0.4 is 21.3 Å². The normalized spacial score (nSPS) is 11.5. The molecular formula is C18H48N4O4. The molecule has 0 spiro atoms. The maximum atomic E-state index is 11.5. The van der Waals surface area contributed by atoms with Crippen molar-refractivity contribution >= 4 is 5.91 Å². The van der Waals surface area contributed by atoms with E-state index in [0.717, 1.165) is 13.1 Å². The predicted octanol–water partition coefficient (Wildman–Crippen LogP) is 0.722. The van der Waals surface area contributed by atoms with Gasteiger partial charge in [-0.15, -0.1) is 0 Å². The van der Waals surface area contributed by atoms with E-state index in [-0.39, 0.29) is 11.6 Å². The summed E-state index contributed by atoms with van der Waals surface area (Å²) in [7, 11) is 0. The Balaban J connectivity index is -0.000000521. The maximum Gasteiger partial charge on any atom is 0.234 e. The summed E-state index contributed by atoms with van der Waals surface area (Å²) in [5.41, 5.74) is 0. The first-order valence-electron chi connectivity index (χ1n) is 9.69. The van der Waals surface area contributed by atoms with Crippen LogP contribution in [0.25, 0.3) is 0 Å². The van der Waals surface area contributed by atoms with Gasteiger partial charge in [0.1, 0.15) is 0 Å². The highest BCUT2D eigenvalue weighted by Crippen LogP contribution is 1.82. The predicted molar refractivity (Wildman–Crippen MR) is 113 cm³/mol. The lowest BCUT2D eigenvalue weighted by molar-refractivity contribution is -0.120. The number of rotatable bonds is 19. The maximum absolute atomic E-state index is 11.5. The van der Waals surface area contributed by atoms with Crippen LogP contribution in [0.3, 0.4) is 0 Å². The molecule has 0 aromatic heterocycles. The molecule has 0 aliphatic rings. The highest BCUT2D eigenvalue weighted by molar-refractivity contribution is 5.77. The minimum absolute atomic E-state index is 0. The topological polar surface area (TPSA) is 92.9 Å². The summed E-state index contributed by atoms with van der Waals surface area (Å²) in [6.07, 6.45) is 0. The number of ether oxygens (including phenoxy) is 3. The first kappa shape index (κ1) is 25.2. The Hall–Kier alpha value is -0.770. The van der Waals surface area contributed by atoms with Gasteiger partial charge in [-0.05, 0) is 0 Å². The Morgan fingerprint density at radius 1 is 0.731 bits per heavy atom. The summed E-state index contributed by atoms with van der Waals surface area (Å²) < 4.78 is 16.3. The number of nitrogens with one attached hydrogen (secondary N) is 4. The molecule has 0 unspecified atom stereocenters. The van der Waals surface area contributed by atoms with E-state index >= 15 is 0 Å². The molecule has 1 amide bonds. The molecular weight excluding hydrogens is 336 g/mol. The Bertz CT molecular complexity index is 335. The molecule has 0 saturated carbocycles. The summed E-state index contributed by atoms with van der Waals surface area (Å²) >= 11 is 0. The second-order valence-electron chi connectivity index (χ2n) is 6.58. The average molecular weight is 385 g/mol. The fourth-order valence-corrected chi connectivity index (χ4v) is 1.93. The molecule has 0 aliphatic heterocycles. The SMILES string of the molecule is CC(C)NCCNC(=O)CNCCOCCOCCOCCNC(C)C.[HH].[HH].[HH].[HH]. The summed E-state index contributed by atoms with van der Waals surface area (Å²) in [5, 5.41) is 12.4. The summed E-state index contributed by atoms with van der Waals surface area (Å²) in [6, 6.07) is 0.925. The molecule has 26 heavy (non-hydrogen) atoms. The lowest BCUT2D eigenvalue weighted by atomic mass is 10.4. The Morgan fingerprint density at radius 2 is 1.23 bits per heavy atom. The van der Waals surface area contributed by atoms with Gasteiger partial charge in [0.25, 0.3) is 0 Å². The summed E-state index contributed by atoms with van der Waals surface area (Å²) in [4.78, 5) is 11.5. The van der Waals surface area contributed by atoms with Crippen molar-refractivity contribution in [2.24, 2.45) is 0 Å². The monoisotopic (exact) mass is 384 g/mol. The molecule has 0 heterocycles. The molecule has 0 aromatic carbocycles. The van der Waals surface area contributed by atoms with Crippen molar-refractivity contribution in [2.45, 2.75) is 39.8 Å². The largest absolute Gasteiger partial charge is 0.378 e. The van der Waals surface area contributed by atoms with E-state index in [4.69, 9.17) is 14.2 Å². The third-order valence-electron chi connectivity index (χ3n) is 3.25. The van der Waals surface area contributed by atoms with Crippen molar-refractivity contribution < 1.29 is 24.7 Å². The highest BCUT2D eigenvalue weighted by Gasteiger charge is 2.00. The molecule has 0 fully saturated rings. The molecule has 0 bridgehead atoms. The molecule has 8 nitrogen and oxygen atoms in total. The van der Waals surface area contributed by atoms with Gasteiger partial charge in [-0.1, -0.05) is 27.7 Å². The molecule has 0 rings (SSSR count). The standard InChI is InChI=1S/C18H40N4O4.4H2/c1-16(2)20-5-6-22-18(23)15-19-7-9-24-11-13-26-14-12-25-10-8-21-17(3)4;;;;/h16-17,19-21H,5-15H2,1-4H3,(H,22,23);4*1H. The van der Waals surface area contributed by atoms with Crippen molar-refractivity contribution in [3.05, 3.63) is 0 Å². The molecule has 8 heteroatoms. The molecule has 0 atom stereocenters. The zero-order valence-corrected chi connectivity index (χ0v) is 17.1. The van der Waals surface area contributed by atoms with Gasteiger partial charge in [-0.2, -0.15) is 0 Å². The lowest BCUT2D eigenvalue weighted by Gasteiger charge is -2.10. The number of carbonyl (C=O) groups excluding carboxylic acids is 1. The fraction of sp³-hybridized carbons (Fsp3) is 0.944. The van der Waals surface area contributed by atoms with Crippen LogP contribution in [0.5, 0.6) is 0 Å². The third-order valence-corrected chi connectivity index (χ3v) is 3.25. The van der Waals surface area contributed by atoms with E-state index in [2.05, 4.69) is 49.0 Å². The van der Waals surface area contributed by atoms with Crippen LogP contribution in [-0.4, -0.2) is 90.4 Å². The third kappa shape index (κ3) is 21.3. The summed E-state index contributed by atoms with van der Waals surface area (Å²) in [6.45, 7) is 15.2. The van der Waals surface area contributed by atoms with Crippen molar-refractivity contribution in [3.8, 4) is 0 Å². The van der Waals surface area contributed by atoms with Gasteiger partial charge in [0.15, 0.2) is 0 Å². The molecule has 164 valence electrons. The van der Waals surface area contributed by atoms with Gasteiger partial charge in [0.2, 0.25) is 5.91 Å². The van der Waals surface area contributed by atoms with Crippen LogP contribution >= 0.6 is 0 Å². The van der Waals surface area contributed by atoms with Crippen LogP contribution in [0.2, 0.25) is 0 Å². The minimum Gasteiger partial charge on any atom is -0.378 e. The summed E-state index contributed by atoms with van der Waals surface area (Å²) in [5.74, 6) is 0.00230. The molecule has 0 aliphatic carbocycles. The zero-order valence-electron chi connectivity index (χ0n) is 17.1. The van der Waals surface area contributed by atoms with Crippen LogP contribution in [-0.2, 0) is 19.0 Å². The fourth-order valence-electron chi connectivity index (χ4n) is 1.93. The first-order valence-corrected chi connectivity index (χ1v) is 9.69. The van der Waals surface area contributed by atoms with E-state index in [1.165, 1.54) is 0 Å². The van der Waals surface area contributed by atoms with Crippen LogP contribution in [0, 0.1) is 0 Å². The van der Waals surface area contributed by atoms with E-state index in [1.54, 1.807) is 0 Å². The van der Waals surface area contributed by atoms with Gasteiger partial charge in [-0.25, -0.2) is 0 Å². The second kappa shape index (κ2) is 19.0. The van der Waals surface area contributed by atoms with Gasteiger partial charge in [-0.3, -0.25) is 4.79 Å². The van der Waals surface area contributed by atoms with Crippen molar-refractivity contribution in [2.75, 3.05) is 72.4 Å². The number of hydrogen-bond acceptors (Lipinski definition) is 7. The van der Waals surface area contributed by atoms with E-state index < -0.39 is 0 Å². The molecule has 0 aromatic rings. The van der Waals surface area contributed by atoms with E-state index in [9.17, 15) is 4.79 Å². The Morgan fingerprint density at radius 3 is 1.81 bits per heavy atom. The van der Waals surface area contributed by atoms with E-state index in [1.807, 2.05) is 0 Å². The van der Waals surface area contributed by atoms with Gasteiger partial charge >= 0.3 is 0 Å². The molecule has 4 N–H and O–H groups in total. The molecule has 0 radical (unpaired) electrons. The Kier molecular flexibility index (Phi) is 18.4. The minimum atomic E-state index is 0. The molecule has 0 saturated heterocycles. The quantitative estimate of drug-likeness (QED) is 0.244. The second-order valence-corrected chi connectivity index (χ2v) is 6.58. The van der Waals surface area contributed by atoms with Crippen LogP contribution in [0.15, 0.2) is 0 Å². The van der Waals surface area contributed by atoms with Crippen molar-refractivity contribution in [1.82, 2.24) is 21.3 Å². The van der Waals surface area contributed by atoms with Crippen molar-refractivity contribution in [1.29, 1.82) is 0 Å². The van der Waals surface area contributed by atoms with E-state index in [0.29, 0.717) is 71.4 Å². The van der Waals surface area contributed by atoms with Gasteiger partial charge in [0.05, 0.1) is 46.2 Å². The highest BCUT2D eigenvalue weighted by atomic mass is 16.5. The van der Waals surface area contributed by atoms with Gasteiger partial charge in [0, 0.05) is 44.0 Å². The number of hydrogen-bond donors (Lipinski definition) is 4. The van der Waals surface area contributed by atoms with Gasteiger partial charge < -0.3 is 35.5 Å². The number of carbonyl (C=O) groups is 1. The van der Waals surface area contributed by atoms with Crippen molar-refractivity contribution in [3.63, 3.8) is 0 Å². The van der Waals surface area contributed by atoms with Crippen LogP contribution in [0.1, 0.15) is 33.4 Å². The van der Waals surface area contributed by atoms with Crippen LogP contribution in [0.4, 0.5) is 0 Å². The first-order chi connectivity index (χ1) is 12.5. The smallest absolute Gasteiger partial charge is 0.234 e. The number of amides is 1.